The van der Waals surface area contributed by atoms with Crippen molar-refractivity contribution in [2.24, 2.45) is 11.8 Å². The maximum absolute atomic E-state index is 10.5. The largest absolute Gasteiger partial charge is 0.478 e. The first-order chi connectivity index (χ1) is 5.86. The first-order valence-electron chi connectivity index (χ1n) is 4.46. The monoisotopic (exact) mass is 186 g/mol. The predicted molar refractivity (Wildman–Crippen MR) is 51.4 cm³/mol. The van der Waals surface area contributed by atoms with Gasteiger partial charge in [-0.15, -0.1) is 0 Å². The highest BCUT2D eigenvalue weighted by atomic mass is 16.4. The Kier molecular flexibility index (Phi) is 4.70. The molecule has 0 bridgehead atoms. The Morgan fingerprint density at radius 3 is 2.08 bits per heavy atom. The zero-order valence-electron chi connectivity index (χ0n) is 8.61. The molecule has 0 aliphatic heterocycles. The van der Waals surface area contributed by atoms with Crippen LogP contribution in [0.25, 0.3) is 0 Å². The number of allylic oxidation sites excluding steroid dienone is 1. The molecule has 3 nitrogen and oxygen atoms in total. The molecule has 13 heavy (non-hydrogen) atoms. The minimum atomic E-state index is -0.898. The number of carboxylic acid groups (broad SMARTS) is 1. The van der Waals surface area contributed by atoms with Crippen LogP contribution in [0, 0.1) is 11.8 Å². The van der Waals surface area contributed by atoms with Crippen LogP contribution in [0.2, 0.25) is 0 Å². The van der Waals surface area contributed by atoms with Crippen LogP contribution in [-0.4, -0.2) is 22.3 Å². The fraction of sp³-hybridized carbons (Fsp3) is 0.700. The molecule has 0 aromatic rings. The summed E-state index contributed by atoms with van der Waals surface area (Å²) < 4.78 is 0. The molecule has 0 fully saturated rings. The quantitative estimate of drug-likeness (QED) is 0.656. The molecule has 0 saturated heterocycles. The Labute approximate surface area is 79.1 Å². The van der Waals surface area contributed by atoms with E-state index in [4.69, 9.17) is 5.11 Å². The Balaban J connectivity index is 4.36. The van der Waals surface area contributed by atoms with Crippen molar-refractivity contribution < 1.29 is 15.0 Å². The second-order valence-electron chi connectivity index (χ2n) is 3.61. The molecule has 3 atom stereocenters. The normalized spacial score (nSPS) is 19.3. The van der Waals surface area contributed by atoms with E-state index < -0.39 is 12.1 Å². The molecule has 76 valence electrons. The molecule has 0 heterocycles. The standard InChI is InChI=1S/C10H18O3/c1-6(8(3)9(4)11)5-7(2)10(12)13/h5-6,8-9,11H,1-4H3,(H,12,13)/b7-5+. The van der Waals surface area contributed by atoms with Crippen LogP contribution in [0.4, 0.5) is 0 Å². The maximum atomic E-state index is 10.5. The Morgan fingerprint density at radius 1 is 1.31 bits per heavy atom. The van der Waals surface area contributed by atoms with Gasteiger partial charge in [-0.05, 0) is 25.7 Å². The predicted octanol–water partition coefficient (Wildman–Crippen LogP) is 1.67. The molecular weight excluding hydrogens is 168 g/mol. The van der Waals surface area contributed by atoms with Gasteiger partial charge >= 0.3 is 5.97 Å². The first kappa shape index (κ1) is 12.2. The summed E-state index contributed by atoms with van der Waals surface area (Å²) in [5.41, 5.74) is 0.333. The van der Waals surface area contributed by atoms with Gasteiger partial charge < -0.3 is 10.2 Å². The maximum Gasteiger partial charge on any atom is 0.330 e. The number of hydrogen-bond acceptors (Lipinski definition) is 2. The third-order valence-electron chi connectivity index (χ3n) is 2.44. The van der Waals surface area contributed by atoms with Crippen LogP contribution in [-0.2, 0) is 4.79 Å². The average Bonchev–Trinajstić information content (AvgIpc) is 2.02. The van der Waals surface area contributed by atoms with Gasteiger partial charge in [0.1, 0.15) is 0 Å². The first-order valence-corrected chi connectivity index (χ1v) is 4.46. The van der Waals surface area contributed by atoms with Crippen molar-refractivity contribution in [1.82, 2.24) is 0 Å². The summed E-state index contributed by atoms with van der Waals surface area (Å²) in [5, 5.41) is 17.9. The van der Waals surface area contributed by atoms with Crippen molar-refractivity contribution in [3.63, 3.8) is 0 Å². The molecule has 0 spiro atoms. The molecule has 0 amide bonds. The van der Waals surface area contributed by atoms with Gasteiger partial charge in [0.2, 0.25) is 0 Å². The van der Waals surface area contributed by atoms with E-state index in [1.165, 1.54) is 0 Å². The van der Waals surface area contributed by atoms with Crippen LogP contribution < -0.4 is 0 Å². The van der Waals surface area contributed by atoms with E-state index in [-0.39, 0.29) is 11.8 Å². The molecule has 3 heteroatoms. The van der Waals surface area contributed by atoms with Crippen molar-refractivity contribution in [2.75, 3.05) is 0 Å². The lowest BCUT2D eigenvalue weighted by atomic mass is 9.90. The zero-order chi connectivity index (χ0) is 10.6. The minimum absolute atomic E-state index is 0.0781. The van der Waals surface area contributed by atoms with Crippen molar-refractivity contribution in [2.45, 2.75) is 33.8 Å². The molecule has 3 unspecified atom stereocenters. The molecule has 0 radical (unpaired) electrons. The Hall–Kier alpha value is -0.830. The topological polar surface area (TPSA) is 57.5 Å². The summed E-state index contributed by atoms with van der Waals surface area (Å²) in [4.78, 5) is 10.5. The van der Waals surface area contributed by atoms with E-state index >= 15 is 0 Å². The van der Waals surface area contributed by atoms with Crippen molar-refractivity contribution in [3.8, 4) is 0 Å². The lowest BCUT2D eigenvalue weighted by Gasteiger charge is -2.19. The van der Waals surface area contributed by atoms with Gasteiger partial charge in [-0.1, -0.05) is 19.9 Å². The fourth-order valence-corrected chi connectivity index (χ4v) is 1.06. The SMILES string of the molecule is C/C(=C\C(C)C(C)C(C)O)C(=O)O. The van der Waals surface area contributed by atoms with E-state index in [2.05, 4.69) is 0 Å². The summed E-state index contributed by atoms with van der Waals surface area (Å²) >= 11 is 0. The van der Waals surface area contributed by atoms with Gasteiger partial charge in [-0.2, -0.15) is 0 Å². The molecule has 0 aliphatic carbocycles. The number of aliphatic hydroxyl groups is 1. The third-order valence-corrected chi connectivity index (χ3v) is 2.44. The smallest absolute Gasteiger partial charge is 0.330 e. The molecule has 2 N–H and O–H groups in total. The number of rotatable bonds is 4. The van der Waals surface area contributed by atoms with Gasteiger partial charge in [0, 0.05) is 5.57 Å². The minimum Gasteiger partial charge on any atom is -0.478 e. The fourth-order valence-electron chi connectivity index (χ4n) is 1.06. The number of carboxylic acids is 1. The van der Waals surface area contributed by atoms with Crippen LogP contribution >= 0.6 is 0 Å². The van der Waals surface area contributed by atoms with Gasteiger partial charge in [0.05, 0.1) is 6.10 Å². The van der Waals surface area contributed by atoms with Crippen LogP contribution in [0.5, 0.6) is 0 Å². The Morgan fingerprint density at radius 2 is 1.77 bits per heavy atom. The molecule has 0 rings (SSSR count). The summed E-state index contributed by atoms with van der Waals surface area (Å²) in [6.07, 6.45) is 1.27. The molecule has 0 aromatic carbocycles. The van der Waals surface area contributed by atoms with E-state index in [0.717, 1.165) is 0 Å². The van der Waals surface area contributed by atoms with Crippen molar-refractivity contribution in [3.05, 3.63) is 11.6 Å². The molecule has 0 aliphatic rings. The van der Waals surface area contributed by atoms with E-state index in [0.29, 0.717) is 5.57 Å². The van der Waals surface area contributed by atoms with Gasteiger partial charge in [-0.25, -0.2) is 4.79 Å². The lowest BCUT2D eigenvalue weighted by Crippen LogP contribution is -2.20. The van der Waals surface area contributed by atoms with Gasteiger partial charge in [0.25, 0.3) is 0 Å². The summed E-state index contributed by atoms with van der Waals surface area (Å²) in [6, 6.07) is 0. The van der Waals surface area contributed by atoms with E-state index in [1.54, 1.807) is 19.9 Å². The second-order valence-corrected chi connectivity index (χ2v) is 3.61. The lowest BCUT2D eigenvalue weighted by molar-refractivity contribution is -0.132. The highest BCUT2D eigenvalue weighted by Gasteiger charge is 2.16. The highest BCUT2D eigenvalue weighted by molar-refractivity contribution is 5.85. The molecular formula is C10H18O3. The summed E-state index contributed by atoms with van der Waals surface area (Å²) in [6.45, 7) is 7.09. The van der Waals surface area contributed by atoms with Crippen LogP contribution in [0.15, 0.2) is 11.6 Å². The highest BCUT2D eigenvalue weighted by Crippen LogP contribution is 2.17. The third kappa shape index (κ3) is 4.08. The van der Waals surface area contributed by atoms with E-state index in [9.17, 15) is 9.90 Å². The van der Waals surface area contributed by atoms with Gasteiger partial charge in [0.15, 0.2) is 0 Å². The van der Waals surface area contributed by atoms with E-state index in [1.807, 2.05) is 13.8 Å². The zero-order valence-corrected chi connectivity index (χ0v) is 8.61. The number of aliphatic carboxylic acids is 1. The molecule has 0 aromatic heterocycles. The summed E-state index contributed by atoms with van der Waals surface area (Å²) in [7, 11) is 0. The Bertz CT molecular complexity index is 206. The summed E-state index contributed by atoms with van der Waals surface area (Å²) in [5.74, 6) is -0.741. The van der Waals surface area contributed by atoms with Crippen molar-refractivity contribution >= 4 is 5.97 Å². The second kappa shape index (κ2) is 5.02. The van der Waals surface area contributed by atoms with Crippen LogP contribution in [0.3, 0.4) is 0 Å². The number of hydrogen-bond donors (Lipinski definition) is 2. The average molecular weight is 186 g/mol. The van der Waals surface area contributed by atoms with Crippen LogP contribution in [0.1, 0.15) is 27.7 Å². The number of aliphatic hydroxyl groups excluding tert-OH is 1. The van der Waals surface area contributed by atoms with Gasteiger partial charge in [-0.3, -0.25) is 0 Å². The number of carbonyl (C=O) groups is 1. The molecule has 0 saturated carbocycles. The van der Waals surface area contributed by atoms with Crippen molar-refractivity contribution in [1.29, 1.82) is 0 Å².